The van der Waals surface area contributed by atoms with Crippen LogP contribution in [-0.2, 0) is 6.18 Å². The molecule has 132 valence electrons. The number of urea groups is 1. The van der Waals surface area contributed by atoms with E-state index in [1.165, 1.54) is 18.2 Å². The van der Waals surface area contributed by atoms with Gasteiger partial charge in [-0.05, 0) is 37.5 Å². The molecular weight excluding hydrogens is 327 g/mol. The van der Waals surface area contributed by atoms with Gasteiger partial charge in [-0.3, -0.25) is 0 Å². The van der Waals surface area contributed by atoms with Gasteiger partial charge in [-0.25, -0.2) is 9.78 Å². The van der Waals surface area contributed by atoms with Crippen molar-refractivity contribution in [3.05, 3.63) is 24.1 Å². The van der Waals surface area contributed by atoms with Crippen molar-refractivity contribution in [3.8, 4) is 0 Å². The Labute approximate surface area is 136 Å². The van der Waals surface area contributed by atoms with Gasteiger partial charge in [0.05, 0.1) is 6.10 Å². The number of halogens is 3. The molecule has 1 aromatic carbocycles. The molecule has 2 atom stereocenters. The third-order valence-corrected chi connectivity index (χ3v) is 3.24. The van der Waals surface area contributed by atoms with E-state index in [9.17, 15) is 23.1 Å². The second-order valence-corrected chi connectivity index (χ2v) is 5.72. The van der Waals surface area contributed by atoms with Crippen LogP contribution < -0.4 is 10.6 Å². The summed E-state index contributed by atoms with van der Waals surface area (Å²) in [6.07, 6.45) is -4.57. The lowest BCUT2D eigenvalue weighted by Gasteiger charge is -2.14. The Balaban J connectivity index is 1.98. The van der Waals surface area contributed by atoms with Gasteiger partial charge in [0.15, 0.2) is 5.58 Å². The fourth-order valence-corrected chi connectivity index (χ4v) is 2.23. The Morgan fingerprint density at radius 3 is 2.71 bits per heavy atom. The molecule has 0 unspecified atom stereocenters. The van der Waals surface area contributed by atoms with Crippen molar-refractivity contribution in [1.82, 2.24) is 10.3 Å². The zero-order valence-corrected chi connectivity index (χ0v) is 13.1. The predicted molar refractivity (Wildman–Crippen MR) is 81.5 cm³/mol. The number of aromatic nitrogens is 1. The first-order valence-electron chi connectivity index (χ1n) is 7.36. The largest absolute Gasteiger partial charge is 0.468 e. The molecule has 2 rings (SSSR count). The van der Waals surface area contributed by atoms with E-state index in [1.807, 2.05) is 6.92 Å². The third-order valence-electron chi connectivity index (χ3n) is 3.24. The van der Waals surface area contributed by atoms with Crippen LogP contribution in [0, 0.1) is 5.92 Å². The topological polar surface area (TPSA) is 87.4 Å². The van der Waals surface area contributed by atoms with Gasteiger partial charge in [0.2, 0.25) is 0 Å². The first-order chi connectivity index (χ1) is 11.1. The summed E-state index contributed by atoms with van der Waals surface area (Å²) < 4.78 is 42.3. The molecular formula is C15H18F3N3O3. The fourth-order valence-electron chi connectivity index (χ4n) is 2.23. The second kappa shape index (κ2) is 7.08. The molecule has 3 N–H and O–H groups in total. The molecule has 0 fully saturated rings. The van der Waals surface area contributed by atoms with Crippen molar-refractivity contribution < 1.29 is 27.5 Å². The number of carbonyl (C=O) groups excluding carboxylic acids is 1. The molecule has 2 aromatic rings. The van der Waals surface area contributed by atoms with Gasteiger partial charge in [0.25, 0.3) is 0 Å². The number of amides is 2. The zero-order chi connectivity index (χ0) is 17.9. The average molecular weight is 345 g/mol. The molecule has 1 aromatic heterocycles. The van der Waals surface area contributed by atoms with Crippen molar-refractivity contribution >= 4 is 22.8 Å². The zero-order valence-electron chi connectivity index (χ0n) is 13.1. The number of aliphatic hydroxyl groups is 1. The van der Waals surface area contributed by atoms with Gasteiger partial charge in [-0.15, -0.1) is 0 Å². The number of nitrogens with one attached hydrogen (secondary N) is 2. The molecule has 6 nitrogen and oxygen atoms in total. The Bertz CT molecular complexity index is 713. The molecule has 0 saturated heterocycles. The Morgan fingerprint density at radius 2 is 2.08 bits per heavy atom. The van der Waals surface area contributed by atoms with E-state index in [4.69, 9.17) is 0 Å². The molecule has 0 bridgehead atoms. The minimum absolute atomic E-state index is 0.00241. The Morgan fingerprint density at radius 1 is 1.38 bits per heavy atom. The van der Waals surface area contributed by atoms with Crippen molar-refractivity contribution in [2.75, 3.05) is 11.9 Å². The summed E-state index contributed by atoms with van der Waals surface area (Å²) in [6, 6.07) is 3.54. The third kappa shape index (κ3) is 4.85. The van der Waals surface area contributed by atoms with Gasteiger partial charge in [-0.2, -0.15) is 13.2 Å². The summed E-state index contributed by atoms with van der Waals surface area (Å²) in [4.78, 5) is 15.2. The number of nitrogens with zero attached hydrogens (tertiary/aromatic N) is 1. The van der Waals surface area contributed by atoms with Crippen LogP contribution in [-0.4, -0.2) is 28.8 Å². The number of aliphatic hydroxyl groups excluding tert-OH is 1. The number of carbonyl (C=O) groups is 1. The number of hydrogen-bond acceptors (Lipinski definition) is 4. The highest BCUT2D eigenvalue weighted by molar-refractivity contribution is 5.91. The maximum Gasteiger partial charge on any atom is 0.468 e. The Hall–Kier alpha value is -2.29. The minimum atomic E-state index is -4.66. The monoisotopic (exact) mass is 345 g/mol. The van der Waals surface area contributed by atoms with Crippen molar-refractivity contribution in [2.24, 2.45) is 5.92 Å². The van der Waals surface area contributed by atoms with Crippen LogP contribution in [0.25, 0.3) is 11.1 Å². The molecule has 9 heteroatoms. The van der Waals surface area contributed by atoms with Gasteiger partial charge in [0.1, 0.15) is 5.52 Å². The number of benzene rings is 1. The smallest absolute Gasteiger partial charge is 0.433 e. The van der Waals surface area contributed by atoms with Crippen LogP contribution >= 0.6 is 0 Å². The van der Waals surface area contributed by atoms with Crippen molar-refractivity contribution in [1.29, 1.82) is 0 Å². The normalized spacial score (nSPS) is 14.4. The molecule has 1 heterocycles. The summed E-state index contributed by atoms with van der Waals surface area (Å²) in [5.74, 6) is -1.24. The lowest BCUT2D eigenvalue weighted by Crippen LogP contribution is -2.33. The highest BCUT2D eigenvalue weighted by atomic mass is 19.4. The highest BCUT2D eigenvalue weighted by Crippen LogP contribution is 2.31. The summed E-state index contributed by atoms with van der Waals surface area (Å²) >= 11 is 0. The molecule has 2 amide bonds. The maximum atomic E-state index is 12.5. The van der Waals surface area contributed by atoms with E-state index < -0.39 is 24.2 Å². The van der Waals surface area contributed by atoms with E-state index >= 15 is 0 Å². The summed E-state index contributed by atoms with van der Waals surface area (Å²) in [5.41, 5.74) is 0.284. The Kier molecular flexibility index (Phi) is 5.33. The van der Waals surface area contributed by atoms with Gasteiger partial charge in [-0.1, -0.05) is 6.92 Å². The predicted octanol–water partition coefficient (Wildman–Crippen LogP) is 3.38. The van der Waals surface area contributed by atoms with Crippen LogP contribution in [0.1, 0.15) is 26.2 Å². The van der Waals surface area contributed by atoms with E-state index in [-0.39, 0.29) is 17.0 Å². The fraction of sp³-hybridized carbons (Fsp3) is 0.467. The summed E-state index contributed by atoms with van der Waals surface area (Å²) in [7, 11) is 0. The SMILES string of the molecule is C[C@@H](CNC(=O)Nc1ccc2oc(C(F)(F)F)nc2c1)C[C@@H](C)O. The van der Waals surface area contributed by atoms with E-state index in [0.29, 0.717) is 18.7 Å². The summed E-state index contributed by atoms with van der Waals surface area (Å²) in [5, 5.41) is 14.4. The average Bonchev–Trinajstić information content (AvgIpc) is 2.87. The minimum Gasteiger partial charge on any atom is -0.433 e. The van der Waals surface area contributed by atoms with Crippen LogP contribution in [0.2, 0.25) is 0 Å². The standard InChI is InChI=1S/C15H18F3N3O3/c1-8(5-9(2)22)7-19-14(23)20-10-3-4-12-11(6-10)21-13(24-12)15(16,17)18/h3-4,6,8-9,22H,5,7H2,1-2H3,(H2,19,20,23)/t8-,9-/m1/s1. The molecule has 0 aliphatic carbocycles. The highest BCUT2D eigenvalue weighted by Gasteiger charge is 2.37. The van der Waals surface area contributed by atoms with Crippen LogP contribution in [0.3, 0.4) is 0 Å². The summed E-state index contributed by atoms with van der Waals surface area (Å²) in [6.45, 7) is 3.91. The van der Waals surface area contributed by atoms with Crippen molar-refractivity contribution in [3.63, 3.8) is 0 Å². The molecule has 24 heavy (non-hydrogen) atoms. The number of oxazole rings is 1. The van der Waals surface area contributed by atoms with Crippen LogP contribution in [0.15, 0.2) is 22.6 Å². The molecule has 0 saturated carbocycles. The van der Waals surface area contributed by atoms with E-state index in [1.54, 1.807) is 6.92 Å². The lowest BCUT2D eigenvalue weighted by molar-refractivity contribution is -0.156. The number of alkyl halides is 3. The quantitative estimate of drug-likeness (QED) is 0.775. The molecule has 0 aliphatic heterocycles. The molecule has 0 radical (unpaired) electrons. The van der Waals surface area contributed by atoms with Crippen LogP contribution in [0.5, 0.6) is 0 Å². The number of hydrogen-bond donors (Lipinski definition) is 3. The lowest BCUT2D eigenvalue weighted by atomic mass is 10.1. The van der Waals surface area contributed by atoms with Gasteiger partial charge < -0.3 is 20.2 Å². The number of rotatable bonds is 5. The van der Waals surface area contributed by atoms with E-state index in [2.05, 4.69) is 20.0 Å². The first kappa shape index (κ1) is 18.1. The number of fused-ring (bicyclic) bond motifs is 1. The van der Waals surface area contributed by atoms with E-state index in [0.717, 1.165) is 0 Å². The molecule has 0 spiro atoms. The van der Waals surface area contributed by atoms with Gasteiger partial charge in [0, 0.05) is 12.2 Å². The second-order valence-electron chi connectivity index (χ2n) is 5.72. The maximum absolute atomic E-state index is 12.5. The van der Waals surface area contributed by atoms with Crippen LogP contribution in [0.4, 0.5) is 23.7 Å². The van der Waals surface area contributed by atoms with Gasteiger partial charge >= 0.3 is 18.1 Å². The van der Waals surface area contributed by atoms with Crippen molar-refractivity contribution in [2.45, 2.75) is 32.5 Å². The number of anilines is 1. The molecule has 0 aliphatic rings. The first-order valence-corrected chi connectivity index (χ1v) is 7.36.